The van der Waals surface area contributed by atoms with Crippen molar-refractivity contribution in [1.29, 1.82) is 0 Å². The smallest absolute Gasteiger partial charge is 0.233 e. The molecule has 2 atom stereocenters. The van der Waals surface area contributed by atoms with Crippen LogP contribution in [-0.4, -0.2) is 70.1 Å². The maximum atomic E-state index is 13.7. The molecule has 0 saturated carbocycles. The van der Waals surface area contributed by atoms with E-state index in [1.54, 1.807) is 18.6 Å². The summed E-state index contributed by atoms with van der Waals surface area (Å²) >= 11 is 0. The first-order valence-corrected chi connectivity index (χ1v) is 10.0. The molecule has 148 valence electrons. The summed E-state index contributed by atoms with van der Waals surface area (Å²) in [6.45, 7) is 2.77. The molecule has 0 spiro atoms. The highest BCUT2D eigenvalue weighted by atomic mass is 16.3. The number of carbonyl (C=O) groups is 1. The van der Waals surface area contributed by atoms with Crippen LogP contribution in [-0.2, 0) is 16.6 Å². The molecule has 2 aromatic rings. The molecule has 6 heteroatoms. The Labute approximate surface area is 166 Å². The molecule has 0 unspecified atom stereocenters. The highest BCUT2D eigenvalue weighted by Gasteiger charge is 2.47. The number of aromatic nitrogens is 2. The maximum Gasteiger partial charge on any atom is 0.233 e. The zero-order chi connectivity index (χ0) is 19.6. The first-order valence-electron chi connectivity index (χ1n) is 10.0. The Bertz CT molecular complexity index is 791. The van der Waals surface area contributed by atoms with Crippen molar-refractivity contribution in [2.45, 2.75) is 30.8 Å². The quantitative estimate of drug-likeness (QED) is 0.871. The minimum absolute atomic E-state index is 0.000243. The van der Waals surface area contributed by atoms with Crippen LogP contribution in [0, 0.1) is 5.92 Å². The number of β-amino-alcohol motifs (C(OH)–C–C–N with tert-alkyl or cyclic N) is 1. The number of benzene rings is 1. The van der Waals surface area contributed by atoms with Gasteiger partial charge in [-0.2, -0.15) is 0 Å². The average molecular weight is 380 g/mol. The topological polar surface area (TPSA) is 69.6 Å². The van der Waals surface area contributed by atoms with Crippen molar-refractivity contribution in [1.82, 2.24) is 19.8 Å². The van der Waals surface area contributed by atoms with E-state index in [1.165, 1.54) is 0 Å². The van der Waals surface area contributed by atoms with Crippen LogP contribution in [0.5, 0.6) is 0 Å². The summed E-state index contributed by atoms with van der Waals surface area (Å²) < 4.78 is 0. The lowest BCUT2D eigenvalue weighted by molar-refractivity contribution is -0.138. The van der Waals surface area contributed by atoms with E-state index in [-0.39, 0.29) is 11.8 Å². The Hall–Kier alpha value is -2.31. The number of likely N-dealkylation sites (tertiary alicyclic amines) is 2. The molecule has 0 bridgehead atoms. The van der Waals surface area contributed by atoms with Gasteiger partial charge >= 0.3 is 0 Å². The van der Waals surface area contributed by atoms with E-state index in [0.29, 0.717) is 19.5 Å². The van der Waals surface area contributed by atoms with Crippen LogP contribution in [0.15, 0.2) is 48.9 Å². The van der Waals surface area contributed by atoms with Gasteiger partial charge in [0.1, 0.15) is 0 Å². The van der Waals surface area contributed by atoms with Crippen LogP contribution in [0.2, 0.25) is 0 Å². The summed E-state index contributed by atoms with van der Waals surface area (Å²) in [5.41, 5.74) is 1.47. The van der Waals surface area contributed by atoms with E-state index in [1.807, 2.05) is 23.1 Å². The van der Waals surface area contributed by atoms with Gasteiger partial charge in [-0.25, -0.2) is 0 Å². The van der Waals surface area contributed by atoms with Gasteiger partial charge in [0.2, 0.25) is 5.91 Å². The van der Waals surface area contributed by atoms with Crippen LogP contribution in [0.4, 0.5) is 0 Å². The van der Waals surface area contributed by atoms with E-state index < -0.39 is 11.5 Å². The summed E-state index contributed by atoms with van der Waals surface area (Å²) in [7, 11) is 2.11. The Morgan fingerprint density at radius 3 is 2.61 bits per heavy atom. The van der Waals surface area contributed by atoms with Gasteiger partial charge in [-0.15, -0.1) is 0 Å². The second kappa shape index (κ2) is 7.97. The lowest BCUT2D eigenvalue weighted by Gasteiger charge is -2.42. The molecule has 3 heterocycles. The monoisotopic (exact) mass is 380 g/mol. The van der Waals surface area contributed by atoms with Gasteiger partial charge < -0.3 is 14.9 Å². The Balaban J connectivity index is 1.54. The third-order valence-corrected chi connectivity index (χ3v) is 6.36. The molecule has 2 aliphatic rings. The van der Waals surface area contributed by atoms with Gasteiger partial charge in [0.05, 0.1) is 17.2 Å². The molecule has 1 N–H and O–H groups in total. The van der Waals surface area contributed by atoms with E-state index >= 15 is 0 Å². The van der Waals surface area contributed by atoms with Crippen molar-refractivity contribution in [2.75, 3.05) is 33.2 Å². The minimum atomic E-state index is -0.523. The number of nitrogens with zero attached hydrogens (tertiary/aromatic N) is 4. The van der Waals surface area contributed by atoms with Crippen LogP contribution in [0.25, 0.3) is 0 Å². The molecule has 4 rings (SSSR count). The van der Waals surface area contributed by atoms with Crippen LogP contribution in [0.3, 0.4) is 0 Å². The molecule has 2 aliphatic heterocycles. The normalized spacial score (nSPS) is 25.0. The number of amides is 1. The predicted molar refractivity (Wildman–Crippen MR) is 107 cm³/mol. The molecule has 6 nitrogen and oxygen atoms in total. The lowest BCUT2D eigenvalue weighted by atomic mass is 9.71. The third kappa shape index (κ3) is 3.66. The van der Waals surface area contributed by atoms with Gasteiger partial charge in [-0.1, -0.05) is 30.3 Å². The Morgan fingerprint density at radius 2 is 1.93 bits per heavy atom. The lowest BCUT2D eigenvalue weighted by Crippen LogP contribution is -2.52. The summed E-state index contributed by atoms with van der Waals surface area (Å²) in [5, 5.41) is 10.6. The van der Waals surface area contributed by atoms with E-state index in [4.69, 9.17) is 0 Å². The van der Waals surface area contributed by atoms with Gasteiger partial charge in [0.15, 0.2) is 0 Å². The van der Waals surface area contributed by atoms with Crippen LogP contribution < -0.4 is 0 Å². The number of piperidine rings is 1. The van der Waals surface area contributed by atoms with Gasteiger partial charge in [-0.3, -0.25) is 14.8 Å². The maximum absolute atomic E-state index is 13.7. The Morgan fingerprint density at radius 1 is 1.18 bits per heavy atom. The summed E-state index contributed by atoms with van der Waals surface area (Å²) in [5.74, 6) is 0.159. The second-order valence-electron chi connectivity index (χ2n) is 8.19. The number of carbonyl (C=O) groups excluding carboxylic acids is 1. The van der Waals surface area contributed by atoms with E-state index in [2.05, 4.69) is 34.0 Å². The molecule has 0 radical (unpaired) electrons. The van der Waals surface area contributed by atoms with Crippen molar-refractivity contribution < 1.29 is 9.90 Å². The molecule has 1 amide bonds. The zero-order valence-electron chi connectivity index (χ0n) is 16.4. The molecule has 0 aliphatic carbocycles. The van der Waals surface area contributed by atoms with Gasteiger partial charge in [-0.05, 0) is 45.0 Å². The number of aliphatic hydroxyl groups excluding tert-OH is 1. The van der Waals surface area contributed by atoms with E-state index in [9.17, 15) is 9.90 Å². The average Bonchev–Trinajstić information content (AvgIpc) is 3.10. The minimum Gasteiger partial charge on any atom is -0.391 e. The first kappa shape index (κ1) is 19.0. The van der Waals surface area contributed by atoms with Crippen molar-refractivity contribution in [3.8, 4) is 0 Å². The van der Waals surface area contributed by atoms with Gasteiger partial charge in [0.25, 0.3) is 0 Å². The molecule has 2 saturated heterocycles. The zero-order valence-corrected chi connectivity index (χ0v) is 16.4. The number of aliphatic hydroxyl groups is 1. The SMILES string of the molecule is CN1CCC(C(=O)N2C[C@@H](Cc3cnccn3)[C@H](O)C2)(c2ccccc2)CC1. The van der Waals surface area contributed by atoms with Crippen molar-refractivity contribution in [3.05, 3.63) is 60.2 Å². The molecule has 1 aromatic carbocycles. The molecular formula is C22H28N4O2. The summed E-state index contributed by atoms with van der Waals surface area (Å²) in [6, 6.07) is 10.2. The fourth-order valence-electron chi connectivity index (χ4n) is 4.61. The van der Waals surface area contributed by atoms with Gasteiger partial charge in [0, 0.05) is 37.6 Å². The molecule has 28 heavy (non-hydrogen) atoms. The Kier molecular flexibility index (Phi) is 5.42. The standard InChI is InChI=1S/C22H28N4O2/c1-25-11-7-22(8-12-25,18-5-3-2-4-6-18)21(28)26-15-17(20(27)16-26)13-19-14-23-9-10-24-19/h2-6,9-10,14,17,20,27H,7-8,11-13,15-16H2,1H3/t17-,20-/m1/s1. The number of hydrogen-bond donors (Lipinski definition) is 1. The summed E-state index contributed by atoms with van der Waals surface area (Å²) in [6.07, 6.45) is 6.79. The van der Waals surface area contributed by atoms with Crippen molar-refractivity contribution in [3.63, 3.8) is 0 Å². The highest BCUT2D eigenvalue weighted by molar-refractivity contribution is 5.88. The molecular weight excluding hydrogens is 352 g/mol. The van der Waals surface area contributed by atoms with E-state index in [0.717, 1.165) is 37.2 Å². The highest BCUT2D eigenvalue weighted by Crippen LogP contribution is 2.38. The van der Waals surface area contributed by atoms with Crippen molar-refractivity contribution in [2.24, 2.45) is 5.92 Å². The summed E-state index contributed by atoms with van der Waals surface area (Å²) in [4.78, 5) is 26.3. The second-order valence-corrected chi connectivity index (χ2v) is 8.19. The van der Waals surface area contributed by atoms with Crippen LogP contribution in [0.1, 0.15) is 24.1 Å². The first-order chi connectivity index (χ1) is 13.6. The molecule has 1 aromatic heterocycles. The molecule has 2 fully saturated rings. The van der Waals surface area contributed by atoms with Crippen molar-refractivity contribution >= 4 is 5.91 Å². The number of hydrogen-bond acceptors (Lipinski definition) is 5. The largest absolute Gasteiger partial charge is 0.391 e. The fourth-order valence-corrected chi connectivity index (χ4v) is 4.61. The third-order valence-electron chi connectivity index (χ3n) is 6.36. The number of rotatable bonds is 4. The fraction of sp³-hybridized carbons (Fsp3) is 0.500. The predicted octanol–water partition coefficient (Wildman–Crippen LogP) is 1.50. The van der Waals surface area contributed by atoms with Crippen LogP contribution >= 0.6 is 0 Å².